The third-order valence-electron chi connectivity index (χ3n) is 3.71. The van der Waals surface area contributed by atoms with Crippen molar-refractivity contribution >= 4 is 11.8 Å². The van der Waals surface area contributed by atoms with Gasteiger partial charge in [-0.1, -0.05) is 32.4 Å². The Bertz CT molecular complexity index is 396. The van der Waals surface area contributed by atoms with Gasteiger partial charge in [0.25, 0.3) is 0 Å². The molecule has 0 aromatic carbocycles. The molecule has 0 aliphatic carbocycles. The van der Waals surface area contributed by atoms with Gasteiger partial charge in [0.2, 0.25) is 11.8 Å². The fraction of sp³-hybridized carbons (Fsp3) is 0.733. The lowest BCUT2D eigenvalue weighted by molar-refractivity contribution is -0.128. The van der Waals surface area contributed by atoms with Crippen molar-refractivity contribution in [3.05, 3.63) is 11.6 Å². The number of primary amides is 1. The van der Waals surface area contributed by atoms with Crippen LogP contribution in [0.5, 0.6) is 0 Å². The smallest absolute Gasteiger partial charge is 0.234 e. The average molecular weight is 281 g/mol. The quantitative estimate of drug-likeness (QED) is 0.739. The standard InChI is InChI=1S/C15H27N3O2/c1-11(13(16)19)18-9-6-12(7-10-18)5-8-17-14(20)15(2,3)4/h6,11H,5,7-10H2,1-4H3,(H2,16,19)(H,17,20)/t11-/m0/s1. The Morgan fingerprint density at radius 2 is 2.10 bits per heavy atom. The van der Waals surface area contributed by atoms with Crippen LogP contribution in [0.1, 0.15) is 40.5 Å². The highest BCUT2D eigenvalue weighted by Gasteiger charge is 2.22. The molecule has 0 aromatic rings. The molecule has 0 bridgehead atoms. The zero-order valence-electron chi connectivity index (χ0n) is 13.0. The van der Waals surface area contributed by atoms with Gasteiger partial charge in [-0.05, 0) is 19.8 Å². The predicted molar refractivity (Wildman–Crippen MR) is 80.0 cm³/mol. The van der Waals surface area contributed by atoms with Gasteiger partial charge < -0.3 is 11.1 Å². The molecule has 20 heavy (non-hydrogen) atoms. The van der Waals surface area contributed by atoms with Crippen LogP contribution < -0.4 is 11.1 Å². The Morgan fingerprint density at radius 1 is 1.45 bits per heavy atom. The van der Waals surface area contributed by atoms with Crippen molar-refractivity contribution in [3.63, 3.8) is 0 Å². The van der Waals surface area contributed by atoms with Gasteiger partial charge in [0.15, 0.2) is 0 Å². The third kappa shape index (κ3) is 4.96. The Hall–Kier alpha value is -1.36. The number of amides is 2. The molecule has 1 aliphatic rings. The van der Waals surface area contributed by atoms with E-state index in [0.29, 0.717) is 6.54 Å². The molecule has 1 atom stereocenters. The summed E-state index contributed by atoms with van der Waals surface area (Å²) in [5, 5.41) is 2.95. The molecule has 5 nitrogen and oxygen atoms in total. The molecule has 0 saturated heterocycles. The van der Waals surface area contributed by atoms with E-state index in [1.807, 2.05) is 27.7 Å². The first-order chi connectivity index (χ1) is 9.21. The fourth-order valence-electron chi connectivity index (χ4n) is 2.09. The van der Waals surface area contributed by atoms with Gasteiger partial charge in [-0.15, -0.1) is 0 Å². The summed E-state index contributed by atoms with van der Waals surface area (Å²) in [4.78, 5) is 24.9. The zero-order valence-corrected chi connectivity index (χ0v) is 13.0. The molecule has 0 spiro atoms. The maximum absolute atomic E-state index is 11.7. The van der Waals surface area contributed by atoms with Crippen LogP contribution in [0, 0.1) is 5.41 Å². The summed E-state index contributed by atoms with van der Waals surface area (Å²) in [6.07, 6.45) is 3.95. The van der Waals surface area contributed by atoms with Gasteiger partial charge in [-0.2, -0.15) is 0 Å². The van der Waals surface area contributed by atoms with Crippen LogP contribution >= 0.6 is 0 Å². The minimum atomic E-state index is -0.339. The van der Waals surface area contributed by atoms with Crippen molar-refractivity contribution < 1.29 is 9.59 Å². The van der Waals surface area contributed by atoms with Crippen LogP contribution in [0.4, 0.5) is 0 Å². The lowest BCUT2D eigenvalue weighted by Gasteiger charge is -2.30. The third-order valence-corrected chi connectivity index (χ3v) is 3.71. The van der Waals surface area contributed by atoms with Crippen molar-refractivity contribution in [1.29, 1.82) is 0 Å². The molecule has 1 aliphatic heterocycles. The van der Waals surface area contributed by atoms with Crippen molar-refractivity contribution in [1.82, 2.24) is 10.2 Å². The van der Waals surface area contributed by atoms with Crippen molar-refractivity contribution in [3.8, 4) is 0 Å². The molecule has 0 radical (unpaired) electrons. The van der Waals surface area contributed by atoms with E-state index in [1.165, 1.54) is 5.57 Å². The molecular weight excluding hydrogens is 254 g/mol. The molecule has 3 N–H and O–H groups in total. The number of hydrogen-bond donors (Lipinski definition) is 2. The van der Waals surface area contributed by atoms with Gasteiger partial charge in [0.1, 0.15) is 0 Å². The zero-order chi connectivity index (χ0) is 15.3. The van der Waals surface area contributed by atoms with E-state index in [1.54, 1.807) is 0 Å². The number of hydrogen-bond acceptors (Lipinski definition) is 3. The number of carbonyl (C=O) groups is 2. The van der Waals surface area contributed by atoms with E-state index in [9.17, 15) is 9.59 Å². The monoisotopic (exact) mass is 281 g/mol. The average Bonchev–Trinajstić information content (AvgIpc) is 2.37. The summed E-state index contributed by atoms with van der Waals surface area (Å²) in [6, 6.07) is -0.214. The summed E-state index contributed by atoms with van der Waals surface area (Å²) in [7, 11) is 0. The number of carbonyl (C=O) groups excluding carboxylic acids is 2. The van der Waals surface area contributed by atoms with Crippen molar-refractivity contribution in [2.75, 3.05) is 19.6 Å². The van der Waals surface area contributed by atoms with Crippen LogP contribution in [0.2, 0.25) is 0 Å². The summed E-state index contributed by atoms with van der Waals surface area (Å²) >= 11 is 0. The molecule has 0 aromatic heterocycles. The summed E-state index contributed by atoms with van der Waals surface area (Å²) in [6.45, 7) is 9.84. The SMILES string of the molecule is C[C@@H](C(N)=O)N1CC=C(CCNC(=O)C(C)(C)C)CC1. The maximum Gasteiger partial charge on any atom is 0.234 e. The Labute approximate surface area is 121 Å². The molecular formula is C15H27N3O2. The van der Waals surface area contributed by atoms with E-state index in [0.717, 1.165) is 25.9 Å². The molecule has 114 valence electrons. The van der Waals surface area contributed by atoms with Crippen LogP contribution in [0.15, 0.2) is 11.6 Å². The highest BCUT2D eigenvalue weighted by atomic mass is 16.2. The second-order valence-electron chi connectivity index (χ2n) is 6.44. The molecule has 1 rings (SSSR count). The van der Waals surface area contributed by atoms with Gasteiger partial charge in [0.05, 0.1) is 6.04 Å². The van der Waals surface area contributed by atoms with E-state index in [-0.39, 0.29) is 23.3 Å². The minimum absolute atomic E-state index is 0.0814. The van der Waals surface area contributed by atoms with Crippen LogP contribution in [0.25, 0.3) is 0 Å². The molecule has 2 amide bonds. The first-order valence-electron chi connectivity index (χ1n) is 7.21. The van der Waals surface area contributed by atoms with E-state index in [4.69, 9.17) is 5.73 Å². The number of nitrogens with two attached hydrogens (primary N) is 1. The minimum Gasteiger partial charge on any atom is -0.368 e. The van der Waals surface area contributed by atoms with Crippen molar-refractivity contribution in [2.24, 2.45) is 11.1 Å². The highest BCUT2D eigenvalue weighted by molar-refractivity contribution is 5.81. The Kier molecular flexibility index (Phi) is 5.74. The second kappa shape index (κ2) is 6.88. The lowest BCUT2D eigenvalue weighted by Crippen LogP contribution is -2.44. The topological polar surface area (TPSA) is 75.4 Å². The van der Waals surface area contributed by atoms with Crippen LogP contribution in [0.3, 0.4) is 0 Å². The highest BCUT2D eigenvalue weighted by Crippen LogP contribution is 2.16. The molecule has 0 fully saturated rings. The molecule has 1 heterocycles. The van der Waals surface area contributed by atoms with E-state index in [2.05, 4.69) is 16.3 Å². The van der Waals surface area contributed by atoms with Gasteiger partial charge in [0, 0.05) is 25.0 Å². The predicted octanol–water partition coefficient (Wildman–Crippen LogP) is 1.04. The molecule has 5 heteroatoms. The van der Waals surface area contributed by atoms with Gasteiger partial charge in [-0.25, -0.2) is 0 Å². The summed E-state index contributed by atoms with van der Waals surface area (Å²) in [5.74, 6) is -0.197. The first-order valence-corrected chi connectivity index (χ1v) is 7.21. The number of rotatable bonds is 5. The molecule has 0 unspecified atom stereocenters. The normalized spacial score (nSPS) is 18.3. The summed E-state index contributed by atoms with van der Waals surface area (Å²) in [5.41, 5.74) is 6.31. The molecule has 0 saturated carbocycles. The number of nitrogens with one attached hydrogen (secondary N) is 1. The van der Waals surface area contributed by atoms with E-state index < -0.39 is 0 Å². The fourth-order valence-corrected chi connectivity index (χ4v) is 2.09. The van der Waals surface area contributed by atoms with E-state index >= 15 is 0 Å². The Morgan fingerprint density at radius 3 is 2.55 bits per heavy atom. The Balaban J connectivity index is 2.34. The second-order valence-corrected chi connectivity index (χ2v) is 6.44. The van der Waals surface area contributed by atoms with Crippen LogP contribution in [-0.4, -0.2) is 42.4 Å². The van der Waals surface area contributed by atoms with Gasteiger partial charge in [-0.3, -0.25) is 14.5 Å². The largest absolute Gasteiger partial charge is 0.368 e. The summed E-state index contributed by atoms with van der Waals surface area (Å²) < 4.78 is 0. The van der Waals surface area contributed by atoms with Crippen molar-refractivity contribution in [2.45, 2.75) is 46.6 Å². The number of nitrogens with zero attached hydrogens (tertiary/aromatic N) is 1. The van der Waals surface area contributed by atoms with Crippen LogP contribution in [-0.2, 0) is 9.59 Å². The maximum atomic E-state index is 11.7. The first kappa shape index (κ1) is 16.7. The van der Waals surface area contributed by atoms with Gasteiger partial charge >= 0.3 is 0 Å². The lowest BCUT2D eigenvalue weighted by atomic mass is 9.95.